The van der Waals surface area contributed by atoms with Gasteiger partial charge >= 0.3 is 0 Å². The Morgan fingerprint density at radius 2 is 2.04 bits per heavy atom. The summed E-state index contributed by atoms with van der Waals surface area (Å²) in [6, 6.07) is 10.3. The van der Waals surface area contributed by atoms with Crippen LogP contribution in [0.4, 0.5) is 0 Å². The van der Waals surface area contributed by atoms with Crippen molar-refractivity contribution >= 4 is 16.9 Å². The smallest absolute Gasteiger partial charge is 0.193 e. The lowest BCUT2D eigenvalue weighted by atomic mass is 10.1. The van der Waals surface area contributed by atoms with Crippen LogP contribution >= 0.6 is 0 Å². The highest BCUT2D eigenvalue weighted by atomic mass is 16.3. The molecule has 2 aliphatic rings. The molecular weight excluding hydrogens is 348 g/mol. The molecule has 2 aromatic rings. The highest BCUT2D eigenvalue weighted by Gasteiger charge is 2.26. The van der Waals surface area contributed by atoms with Crippen LogP contribution < -0.4 is 5.32 Å². The van der Waals surface area contributed by atoms with Crippen molar-refractivity contribution in [1.82, 2.24) is 15.1 Å². The van der Waals surface area contributed by atoms with Gasteiger partial charge in [-0.3, -0.25) is 4.99 Å². The van der Waals surface area contributed by atoms with Crippen LogP contribution in [0, 0.1) is 5.92 Å². The van der Waals surface area contributed by atoms with Crippen molar-refractivity contribution in [2.24, 2.45) is 10.9 Å². The van der Waals surface area contributed by atoms with Crippen molar-refractivity contribution in [2.75, 3.05) is 45.8 Å². The van der Waals surface area contributed by atoms with Crippen LogP contribution in [0.15, 0.2) is 39.7 Å². The number of likely N-dealkylation sites (tertiary alicyclic amines) is 2. The van der Waals surface area contributed by atoms with Gasteiger partial charge in [-0.1, -0.05) is 24.6 Å². The molecule has 0 spiro atoms. The standard InChI is InChI=1S/C23H34N4O/c1-2-24-23(25-12-10-21-16-20-8-4-5-9-22(20)28-21)27-15-11-19(18-27)17-26-13-6-3-7-14-26/h4-5,8-9,16,19H,2-3,6-7,10-15,17-18H2,1H3,(H,24,25). The van der Waals surface area contributed by atoms with Crippen LogP contribution in [0.25, 0.3) is 11.0 Å². The first-order valence-corrected chi connectivity index (χ1v) is 11.0. The monoisotopic (exact) mass is 382 g/mol. The minimum Gasteiger partial charge on any atom is -0.461 e. The Kier molecular flexibility index (Phi) is 6.53. The van der Waals surface area contributed by atoms with Crippen molar-refractivity contribution in [3.05, 3.63) is 36.1 Å². The molecule has 2 saturated heterocycles. The quantitative estimate of drug-likeness (QED) is 0.610. The van der Waals surface area contributed by atoms with Crippen LogP contribution in [0.3, 0.4) is 0 Å². The third-order valence-electron chi connectivity index (χ3n) is 5.98. The first kappa shape index (κ1) is 19.3. The predicted molar refractivity (Wildman–Crippen MR) is 116 cm³/mol. The minimum absolute atomic E-state index is 0.759. The van der Waals surface area contributed by atoms with E-state index in [9.17, 15) is 0 Å². The lowest BCUT2D eigenvalue weighted by Crippen LogP contribution is -2.41. The highest BCUT2D eigenvalue weighted by Crippen LogP contribution is 2.21. The zero-order chi connectivity index (χ0) is 19.2. The van der Waals surface area contributed by atoms with Gasteiger partial charge in [0.25, 0.3) is 0 Å². The van der Waals surface area contributed by atoms with Crippen molar-refractivity contribution < 1.29 is 4.42 Å². The Balaban J connectivity index is 1.31. The van der Waals surface area contributed by atoms with E-state index in [0.717, 1.165) is 55.8 Å². The summed E-state index contributed by atoms with van der Waals surface area (Å²) in [5, 5.41) is 4.67. The normalized spacial score (nSPS) is 21.5. The molecule has 0 aliphatic carbocycles. The minimum atomic E-state index is 0.759. The van der Waals surface area contributed by atoms with Gasteiger partial charge in [0.15, 0.2) is 5.96 Å². The van der Waals surface area contributed by atoms with Crippen LogP contribution in [0.5, 0.6) is 0 Å². The van der Waals surface area contributed by atoms with E-state index in [1.54, 1.807) is 0 Å². The summed E-state index contributed by atoms with van der Waals surface area (Å²) in [4.78, 5) is 10.0. The van der Waals surface area contributed by atoms with Gasteiger partial charge in [-0.05, 0) is 57.3 Å². The molecule has 0 amide bonds. The number of guanidine groups is 1. The number of fused-ring (bicyclic) bond motifs is 1. The van der Waals surface area contributed by atoms with E-state index in [4.69, 9.17) is 9.41 Å². The molecule has 2 fully saturated rings. The average molecular weight is 383 g/mol. The second-order valence-corrected chi connectivity index (χ2v) is 8.20. The number of rotatable bonds is 6. The van der Waals surface area contributed by atoms with Crippen molar-refractivity contribution in [1.29, 1.82) is 0 Å². The van der Waals surface area contributed by atoms with Crippen LogP contribution in [-0.4, -0.2) is 61.6 Å². The van der Waals surface area contributed by atoms with E-state index >= 15 is 0 Å². The van der Waals surface area contributed by atoms with E-state index in [-0.39, 0.29) is 0 Å². The SMILES string of the molecule is CCNC(=NCCc1cc2ccccc2o1)N1CCC(CN2CCCCC2)C1. The summed E-state index contributed by atoms with van der Waals surface area (Å²) in [5.74, 6) is 2.86. The Morgan fingerprint density at radius 3 is 2.86 bits per heavy atom. The number of piperidine rings is 1. The van der Waals surface area contributed by atoms with Gasteiger partial charge in [0.2, 0.25) is 0 Å². The third kappa shape index (κ3) is 4.88. The number of nitrogens with zero attached hydrogens (tertiary/aromatic N) is 3. The molecule has 3 heterocycles. The first-order chi connectivity index (χ1) is 13.8. The van der Waals surface area contributed by atoms with Crippen LogP contribution in [0.2, 0.25) is 0 Å². The summed E-state index contributed by atoms with van der Waals surface area (Å²) in [6.07, 6.45) is 6.29. The molecule has 0 radical (unpaired) electrons. The molecule has 152 valence electrons. The Labute approximate surface area is 168 Å². The molecule has 4 rings (SSSR count). The van der Waals surface area contributed by atoms with E-state index < -0.39 is 0 Å². The predicted octanol–water partition coefficient (Wildman–Crippen LogP) is 3.75. The number of benzene rings is 1. The van der Waals surface area contributed by atoms with E-state index in [1.165, 1.54) is 50.7 Å². The maximum atomic E-state index is 5.93. The van der Waals surface area contributed by atoms with Gasteiger partial charge in [0.1, 0.15) is 11.3 Å². The zero-order valence-electron chi connectivity index (χ0n) is 17.2. The average Bonchev–Trinajstić information content (AvgIpc) is 3.34. The molecule has 5 heteroatoms. The lowest BCUT2D eigenvalue weighted by molar-refractivity contribution is 0.198. The van der Waals surface area contributed by atoms with Crippen LogP contribution in [0.1, 0.15) is 38.4 Å². The number of para-hydroxylation sites is 1. The first-order valence-electron chi connectivity index (χ1n) is 11.0. The molecule has 1 unspecified atom stereocenters. The molecule has 2 aliphatic heterocycles. The summed E-state index contributed by atoms with van der Waals surface area (Å²) >= 11 is 0. The highest BCUT2D eigenvalue weighted by molar-refractivity contribution is 5.80. The van der Waals surface area contributed by atoms with E-state index in [2.05, 4.69) is 40.2 Å². The fourth-order valence-electron chi connectivity index (χ4n) is 4.54. The summed E-state index contributed by atoms with van der Waals surface area (Å²) in [5.41, 5.74) is 0.966. The van der Waals surface area contributed by atoms with Gasteiger partial charge in [-0.2, -0.15) is 0 Å². The fourth-order valence-corrected chi connectivity index (χ4v) is 4.54. The van der Waals surface area contributed by atoms with E-state index in [0.29, 0.717) is 0 Å². The second-order valence-electron chi connectivity index (χ2n) is 8.20. The molecule has 1 N–H and O–H groups in total. The molecular formula is C23H34N4O. The van der Waals surface area contributed by atoms with Gasteiger partial charge in [-0.25, -0.2) is 0 Å². The zero-order valence-corrected chi connectivity index (χ0v) is 17.2. The fraction of sp³-hybridized carbons (Fsp3) is 0.609. The number of hydrogen-bond acceptors (Lipinski definition) is 3. The summed E-state index contributed by atoms with van der Waals surface area (Å²) < 4.78 is 5.93. The van der Waals surface area contributed by atoms with Crippen molar-refractivity contribution in [3.8, 4) is 0 Å². The Morgan fingerprint density at radius 1 is 1.18 bits per heavy atom. The van der Waals surface area contributed by atoms with Crippen LogP contribution in [-0.2, 0) is 6.42 Å². The number of hydrogen-bond donors (Lipinski definition) is 1. The van der Waals surface area contributed by atoms with Gasteiger partial charge < -0.3 is 19.5 Å². The molecule has 1 aromatic heterocycles. The Bertz CT molecular complexity index is 745. The Hall–Kier alpha value is -2.01. The molecule has 28 heavy (non-hydrogen) atoms. The maximum Gasteiger partial charge on any atom is 0.193 e. The van der Waals surface area contributed by atoms with Gasteiger partial charge in [0, 0.05) is 44.5 Å². The lowest BCUT2D eigenvalue weighted by Gasteiger charge is -2.29. The molecule has 0 saturated carbocycles. The topological polar surface area (TPSA) is 44.0 Å². The number of furan rings is 1. The molecule has 1 atom stereocenters. The third-order valence-corrected chi connectivity index (χ3v) is 5.98. The summed E-state index contributed by atoms with van der Waals surface area (Å²) in [6.45, 7) is 9.92. The largest absolute Gasteiger partial charge is 0.461 e. The van der Waals surface area contributed by atoms with Crippen molar-refractivity contribution in [3.63, 3.8) is 0 Å². The molecule has 0 bridgehead atoms. The number of nitrogens with one attached hydrogen (secondary N) is 1. The second kappa shape index (κ2) is 9.46. The summed E-state index contributed by atoms with van der Waals surface area (Å²) in [7, 11) is 0. The van der Waals surface area contributed by atoms with Crippen molar-refractivity contribution in [2.45, 2.75) is 39.0 Å². The molecule has 5 nitrogen and oxygen atoms in total. The van der Waals surface area contributed by atoms with E-state index in [1.807, 2.05) is 12.1 Å². The number of aliphatic imine (C=N–C) groups is 1. The maximum absolute atomic E-state index is 5.93. The molecule has 1 aromatic carbocycles. The van der Waals surface area contributed by atoms with Gasteiger partial charge in [-0.15, -0.1) is 0 Å². The van der Waals surface area contributed by atoms with Gasteiger partial charge in [0.05, 0.1) is 0 Å².